The molecule has 3 heterocycles. The molecular weight excluding hydrogens is 416 g/mol. The number of carbonyl (C=O) groups excluding carboxylic acids is 1. The van der Waals surface area contributed by atoms with Crippen molar-refractivity contribution >= 4 is 28.2 Å². The number of aryl methyl sites for hydroxylation is 1. The highest BCUT2D eigenvalue weighted by Crippen LogP contribution is 2.31. The highest BCUT2D eigenvalue weighted by molar-refractivity contribution is 7.13. The van der Waals surface area contributed by atoms with Gasteiger partial charge in [0, 0.05) is 11.9 Å². The summed E-state index contributed by atoms with van der Waals surface area (Å²) >= 11 is 1.52. The Morgan fingerprint density at radius 2 is 1.90 bits per heavy atom. The van der Waals surface area contributed by atoms with Crippen molar-refractivity contribution in [1.82, 2.24) is 14.9 Å². The van der Waals surface area contributed by atoms with Crippen LogP contribution in [0.2, 0.25) is 0 Å². The summed E-state index contributed by atoms with van der Waals surface area (Å²) in [6.07, 6.45) is -0.335. The average molecular weight is 441 g/mol. The van der Waals surface area contributed by atoms with Gasteiger partial charge in [0.1, 0.15) is 29.0 Å². The Labute approximate surface area is 184 Å². The number of amides is 1. The van der Waals surface area contributed by atoms with Gasteiger partial charge < -0.3 is 24.4 Å². The summed E-state index contributed by atoms with van der Waals surface area (Å²) in [6, 6.07) is 11.0. The monoisotopic (exact) mass is 440 g/mol. The molecule has 31 heavy (non-hydrogen) atoms. The van der Waals surface area contributed by atoms with E-state index in [0.717, 1.165) is 16.5 Å². The molecule has 2 aromatic heterocycles. The third-order valence-corrected chi connectivity index (χ3v) is 5.83. The number of methoxy groups -OCH3 is 2. The summed E-state index contributed by atoms with van der Waals surface area (Å²) in [5.74, 6) is 1.49. The standard InChI is InChI=1S/C22H24N4O4S/c1-14-13-31-22(23-14)25-19-9-4-6-15(24-19)18-12-26(10-11-30-18)21(27)20-16(28-2)7-5-8-17(20)29-3/h4-9,13,18H,10-12H2,1-3H3,(H,23,24,25). The van der Waals surface area contributed by atoms with Gasteiger partial charge in [0.15, 0.2) is 5.13 Å². The van der Waals surface area contributed by atoms with E-state index in [2.05, 4.69) is 15.3 Å². The molecule has 1 aliphatic rings. The maximum Gasteiger partial charge on any atom is 0.261 e. The minimum Gasteiger partial charge on any atom is -0.496 e. The van der Waals surface area contributed by atoms with Crippen molar-refractivity contribution in [3.8, 4) is 11.5 Å². The fraction of sp³-hybridized carbons (Fsp3) is 0.318. The number of benzene rings is 1. The summed E-state index contributed by atoms with van der Waals surface area (Å²) in [5.41, 5.74) is 2.12. The fourth-order valence-electron chi connectivity index (χ4n) is 3.45. The smallest absolute Gasteiger partial charge is 0.261 e. The molecule has 162 valence electrons. The highest BCUT2D eigenvalue weighted by atomic mass is 32.1. The third-order valence-electron chi connectivity index (χ3n) is 4.95. The number of aromatic nitrogens is 2. The molecule has 0 bridgehead atoms. The molecule has 1 amide bonds. The number of anilines is 2. The van der Waals surface area contributed by atoms with E-state index in [1.54, 1.807) is 37.3 Å². The Bertz CT molecular complexity index is 1050. The van der Waals surface area contributed by atoms with Crippen LogP contribution < -0.4 is 14.8 Å². The van der Waals surface area contributed by atoms with Crippen LogP contribution in [0.3, 0.4) is 0 Å². The molecule has 4 rings (SSSR count). The first-order valence-electron chi connectivity index (χ1n) is 9.87. The van der Waals surface area contributed by atoms with Crippen LogP contribution in [0, 0.1) is 6.92 Å². The van der Waals surface area contributed by atoms with E-state index in [9.17, 15) is 4.79 Å². The lowest BCUT2D eigenvalue weighted by atomic mass is 10.1. The van der Waals surface area contributed by atoms with Gasteiger partial charge in [-0.2, -0.15) is 0 Å². The Morgan fingerprint density at radius 3 is 2.58 bits per heavy atom. The summed E-state index contributed by atoms with van der Waals surface area (Å²) in [6.45, 7) is 3.22. The van der Waals surface area contributed by atoms with Gasteiger partial charge in [0.2, 0.25) is 0 Å². The van der Waals surface area contributed by atoms with E-state index in [1.807, 2.05) is 30.5 Å². The van der Waals surface area contributed by atoms with E-state index in [0.29, 0.717) is 42.6 Å². The van der Waals surface area contributed by atoms with Crippen LogP contribution >= 0.6 is 11.3 Å². The molecule has 1 atom stereocenters. The molecule has 3 aromatic rings. The maximum atomic E-state index is 13.3. The number of pyridine rings is 1. The summed E-state index contributed by atoms with van der Waals surface area (Å²) < 4.78 is 16.7. The van der Waals surface area contributed by atoms with Crippen LogP contribution in [0.1, 0.15) is 27.8 Å². The van der Waals surface area contributed by atoms with Gasteiger partial charge in [-0.05, 0) is 31.2 Å². The normalized spacial score (nSPS) is 16.1. The van der Waals surface area contributed by atoms with Crippen molar-refractivity contribution in [3.63, 3.8) is 0 Å². The lowest BCUT2D eigenvalue weighted by Crippen LogP contribution is -2.42. The zero-order valence-electron chi connectivity index (χ0n) is 17.6. The van der Waals surface area contributed by atoms with Crippen molar-refractivity contribution < 1.29 is 19.0 Å². The van der Waals surface area contributed by atoms with Gasteiger partial charge in [-0.25, -0.2) is 9.97 Å². The number of carbonyl (C=O) groups is 1. The number of rotatable bonds is 6. The number of hydrogen-bond donors (Lipinski definition) is 1. The lowest BCUT2D eigenvalue weighted by molar-refractivity contribution is -0.0248. The van der Waals surface area contributed by atoms with Crippen LogP contribution in [0.4, 0.5) is 10.9 Å². The Morgan fingerprint density at radius 1 is 1.16 bits per heavy atom. The maximum absolute atomic E-state index is 13.3. The van der Waals surface area contributed by atoms with Gasteiger partial charge in [-0.1, -0.05) is 12.1 Å². The molecular formula is C22H24N4O4S. The van der Waals surface area contributed by atoms with Gasteiger partial charge in [0.25, 0.3) is 5.91 Å². The minimum atomic E-state index is -0.335. The van der Waals surface area contributed by atoms with Crippen molar-refractivity contribution in [2.45, 2.75) is 13.0 Å². The second-order valence-corrected chi connectivity index (χ2v) is 7.87. The van der Waals surface area contributed by atoms with Gasteiger partial charge in [-0.3, -0.25) is 4.79 Å². The number of thiazole rings is 1. The Balaban J connectivity index is 1.53. The first kappa shape index (κ1) is 21.1. The minimum absolute atomic E-state index is 0.157. The predicted molar refractivity (Wildman–Crippen MR) is 119 cm³/mol. The first-order chi connectivity index (χ1) is 15.1. The Kier molecular flexibility index (Phi) is 6.34. The third kappa shape index (κ3) is 4.62. The van der Waals surface area contributed by atoms with Gasteiger partial charge >= 0.3 is 0 Å². The topological polar surface area (TPSA) is 85.8 Å². The molecule has 1 N–H and O–H groups in total. The molecule has 1 fully saturated rings. The molecule has 8 nitrogen and oxygen atoms in total. The first-order valence-corrected chi connectivity index (χ1v) is 10.7. The largest absolute Gasteiger partial charge is 0.496 e. The average Bonchev–Trinajstić information content (AvgIpc) is 3.22. The summed E-state index contributed by atoms with van der Waals surface area (Å²) in [7, 11) is 3.08. The molecule has 1 aromatic carbocycles. The lowest BCUT2D eigenvalue weighted by Gasteiger charge is -2.33. The van der Waals surface area contributed by atoms with Crippen molar-refractivity contribution in [2.24, 2.45) is 0 Å². The van der Waals surface area contributed by atoms with Crippen LogP contribution in [-0.2, 0) is 4.74 Å². The molecule has 0 saturated carbocycles. The Hall–Kier alpha value is -3.17. The van der Waals surface area contributed by atoms with Gasteiger partial charge in [0.05, 0.1) is 38.8 Å². The molecule has 0 spiro atoms. The van der Waals surface area contributed by atoms with Crippen molar-refractivity contribution in [1.29, 1.82) is 0 Å². The van der Waals surface area contributed by atoms with E-state index in [4.69, 9.17) is 14.2 Å². The van der Waals surface area contributed by atoms with Crippen LogP contribution in [0.25, 0.3) is 0 Å². The number of ether oxygens (including phenoxy) is 3. The van der Waals surface area contributed by atoms with Crippen molar-refractivity contribution in [2.75, 3.05) is 39.2 Å². The number of nitrogens with zero attached hydrogens (tertiary/aromatic N) is 3. The molecule has 1 aliphatic heterocycles. The highest BCUT2D eigenvalue weighted by Gasteiger charge is 2.30. The van der Waals surface area contributed by atoms with Crippen LogP contribution in [0.5, 0.6) is 11.5 Å². The van der Waals surface area contributed by atoms with Crippen LogP contribution in [0.15, 0.2) is 41.8 Å². The predicted octanol–water partition coefficient (Wildman–Crippen LogP) is 3.82. The van der Waals surface area contributed by atoms with E-state index < -0.39 is 0 Å². The second kappa shape index (κ2) is 9.32. The number of nitrogens with one attached hydrogen (secondary N) is 1. The summed E-state index contributed by atoms with van der Waals surface area (Å²) in [5, 5.41) is 5.98. The van der Waals surface area contributed by atoms with E-state index >= 15 is 0 Å². The molecule has 1 saturated heterocycles. The van der Waals surface area contributed by atoms with Crippen molar-refractivity contribution in [3.05, 3.63) is 58.7 Å². The zero-order valence-corrected chi connectivity index (χ0v) is 18.4. The van der Waals surface area contributed by atoms with Gasteiger partial charge in [-0.15, -0.1) is 11.3 Å². The SMILES string of the molecule is COc1cccc(OC)c1C(=O)N1CCOC(c2cccc(Nc3nc(C)cs3)n2)C1. The summed E-state index contributed by atoms with van der Waals surface area (Å²) in [4.78, 5) is 24.2. The zero-order chi connectivity index (χ0) is 21.8. The molecule has 0 radical (unpaired) electrons. The molecule has 1 unspecified atom stereocenters. The molecule has 0 aliphatic carbocycles. The van der Waals surface area contributed by atoms with E-state index in [-0.39, 0.29) is 12.0 Å². The second-order valence-electron chi connectivity index (χ2n) is 7.01. The van der Waals surface area contributed by atoms with E-state index in [1.165, 1.54) is 11.3 Å². The van der Waals surface area contributed by atoms with Crippen LogP contribution in [-0.4, -0.2) is 54.7 Å². The molecule has 9 heteroatoms. The quantitative estimate of drug-likeness (QED) is 0.624. The number of hydrogen-bond acceptors (Lipinski definition) is 8. The number of morpholine rings is 1. The fourth-order valence-corrected chi connectivity index (χ4v) is 4.15.